The van der Waals surface area contributed by atoms with Gasteiger partial charge < -0.3 is 15.0 Å². The molecule has 0 saturated carbocycles. The highest BCUT2D eigenvalue weighted by molar-refractivity contribution is 8.00. The number of hydrogen-bond acceptors (Lipinski definition) is 4. The SMILES string of the molecule is CC[C@@H](C)NC(=O)[C@@H](C)N(Cc1ccc(OC)cc1)C(=O)CSc1ccc(Cl)cc1. The zero-order valence-electron chi connectivity index (χ0n) is 17.9. The van der Waals surface area contributed by atoms with Crippen molar-refractivity contribution in [2.24, 2.45) is 0 Å². The first-order chi connectivity index (χ1) is 14.3. The lowest BCUT2D eigenvalue weighted by atomic mass is 10.1. The van der Waals surface area contributed by atoms with E-state index in [2.05, 4.69) is 5.32 Å². The Balaban J connectivity index is 2.14. The number of halogens is 1. The Kier molecular flexibility index (Phi) is 9.53. The zero-order valence-corrected chi connectivity index (χ0v) is 19.4. The molecule has 1 N–H and O–H groups in total. The number of nitrogens with zero attached hydrogens (tertiary/aromatic N) is 1. The minimum atomic E-state index is -0.584. The predicted molar refractivity (Wildman–Crippen MR) is 123 cm³/mol. The van der Waals surface area contributed by atoms with Gasteiger partial charge in [-0.15, -0.1) is 11.8 Å². The summed E-state index contributed by atoms with van der Waals surface area (Å²) in [5.74, 6) is 0.733. The molecule has 0 aromatic heterocycles. The Hall–Kier alpha value is -2.18. The van der Waals surface area contributed by atoms with Crippen molar-refractivity contribution in [1.82, 2.24) is 10.2 Å². The van der Waals surface area contributed by atoms with Crippen molar-refractivity contribution in [2.75, 3.05) is 12.9 Å². The average Bonchev–Trinajstić information content (AvgIpc) is 2.76. The quantitative estimate of drug-likeness (QED) is 0.532. The number of carbonyl (C=O) groups is 2. The predicted octanol–water partition coefficient (Wildman–Crippen LogP) is 4.77. The molecule has 162 valence electrons. The molecule has 0 aliphatic rings. The van der Waals surface area contributed by atoms with Gasteiger partial charge in [0.15, 0.2) is 0 Å². The molecule has 0 saturated heterocycles. The summed E-state index contributed by atoms with van der Waals surface area (Å²) < 4.78 is 5.20. The summed E-state index contributed by atoms with van der Waals surface area (Å²) in [6.07, 6.45) is 0.831. The maximum Gasteiger partial charge on any atom is 0.242 e. The molecule has 0 heterocycles. The van der Waals surface area contributed by atoms with E-state index in [4.69, 9.17) is 16.3 Å². The molecule has 0 spiro atoms. The van der Waals surface area contributed by atoms with E-state index in [1.807, 2.05) is 50.2 Å². The Bertz CT molecular complexity index is 827. The molecule has 0 aliphatic carbocycles. The van der Waals surface area contributed by atoms with Crippen molar-refractivity contribution in [1.29, 1.82) is 0 Å². The van der Waals surface area contributed by atoms with Gasteiger partial charge in [0.1, 0.15) is 11.8 Å². The third-order valence-electron chi connectivity index (χ3n) is 4.86. The second-order valence-electron chi connectivity index (χ2n) is 7.11. The third-order valence-corrected chi connectivity index (χ3v) is 6.11. The first-order valence-corrected chi connectivity index (χ1v) is 11.3. The monoisotopic (exact) mass is 448 g/mol. The number of hydrogen-bond donors (Lipinski definition) is 1. The highest BCUT2D eigenvalue weighted by Gasteiger charge is 2.26. The molecule has 0 unspecified atom stereocenters. The first-order valence-electron chi connectivity index (χ1n) is 9.95. The summed E-state index contributed by atoms with van der Waals surface area (Å²) in [6, 6.07) is 14.3. The summed E-state index contributed by atoms with van der Waals surface area (Å²) in [4.78, 5) is 28.4. The molecule has 2 aromatic carbocycles. The number of carbonyl (C=O) groups excluding carboxylic acids is 2. The van der Waals surface area contributed by atoms with Crippen LogP contribution in [0, 0.1) is 0 Å². The zero-order chi connectivity index (χ0) is 22.1. The molecular formula is C23H29ClN2O3S. The van der Waals surface area contributed by atoms with Gasteiger partial charge in [-0.25, -0.2) is 0 Å². The third kappa shape index (κ3) is 7.26. The molecule has 0 radical (unpaired) electrons. The number of thioether (sulfide) groups is 1. The van der Waals surface area contributed by atoms with Crippen molar-refractivity contribution in [3.8, 4) is 5.75 Å². The topological polar surface area (TPSA) is 58.6 Å². The standard InChI is InChI=1S/C23H29ClN2O3S/c1-5-16(2)25-23(28)17(3)26(14-18-6-10-20(29-4)11-7-18)22(27)15-30-21-12-8-19(24)9-13-21/h6-13,16-17H,5,14-15H2,1-4H3,(H,25,28)/t16-,17-/m1/s1. The van der Waals surface area contributed by atoms with Crippen LogP contribution >= 0.6 is 23.4 Å². The van der Waals surface area contributed by atoms with Gasteiger partial charge in [0, 0.05) is 22.5 Å². The Labute approximate surface area is 188 Å². The number of benzene rings is 2. The number of nitrogens with one attached hydrogen (secondary N) is 1. The molecule has 2 aromatic rings. The van der Waals surface area contributed by atoms with E-state index in [1.165, 1.54) is 11.8 Å². The van der Waals surface area contributed by atoms with Gasteiger partial charge in [-0.1, -0.05) is 30.7 Å². The van der Waals surface area contributed by atoms with Crippen LogP contribution in [0.2, 0.25) is 5.02 Å². The van der Waals surface area contributed by atoms with Crippen LogP contribution in [0.15, 0.2) is 53.4 Å². The molecular weight excluding hydrogens is 420 g/mol. The molecule has 2 rings (SSSR count). The van der Waals surface area contributed by atoms with Gasteiger partial charge in [0.25, 0.3) is 0 Å². The average molecular weight is 449 g/mol. The lowest BCUT2D eigenvalue weighted by molar-refractivity contribution is -0.138. The van der Waals surface area contributed by atoms with Crippen LogP contribution in [0.3, 0.4) is 0 Å². The van der Waals surface area contributed by atoms with Crippen LogP contribution in [0.4, 0.5) is 0 Å². The molecule has 0 fully saturated rings. The Morgan fingerprint density at radius 1 is 1.10 bits per heavy atom. The summed E-state index contributed by atoms with van der Waals surface area (Å²) in [5.41, 5.74) is 0.934. The number of rotatable bonds is 10. The van der Waals surface area contributed by atoms with Gasteiger partial charge in [0.05, 0.1) is 12.9 Å². The maximum atomic E-state index is 13.1. The summed E-state index contributed by atoms with van der Waals surface area (Å²) in [5, 5.41) is 3.63. The summed E-state index contributed by atoms with van der Waals surface area (Å²) in [6.45, 7) is 6.08. The van der Waals surface area contributed by atoms with E-state index in [-0.39, 0.29) is 23.6 Å². The fourth-order valence-corrected chi connectivity index (χ4v) is 3.65. The van der Waals surface area contributed by atoms with E-state index >= 15 is 0 Å². The van der Waals surface area contributed by atoms with Crippen LogP contribution in [0.1, 0.15) is 32.8 Å². The van der Waals surface area contributed by atoms with E-state index in [9.17, 15) is 9.59 Å². The number of ether oxygens (including phenoxy) is 1. The minimum Gasteiger partial charge on any atom is -0.497 e. The molecule has 2 amide bonds. The molecule has 7 heteroatoms. The van der Waals surface area contributed by atoms with Gasteiger partial charge in [0.2, 0.25) is 11.8 Å². The van der Waals surface area contributed by atoms with E-state index < -0.39 is 6.04 Å². The highest BCUT2D eigenvalue weighted by atomic mass is 35.5. The molecule has 2 atom stereocenters. The number of methoxy groups -OCH3 is 1. The molecule has 0 bridgehead atoms. The lowest BCUT2D eigenvalue weighted by Crippen LogP contribution is -2.50. The van der Waals surface area contributed by atoms with Gasteiger partial charge in [-0.2, -0.15) is 0 Å². The normalized spacial score (nSPS) is 12.7. The number of amides is 2. The van der Waals surface area contributed by atoms with Crippen LogP contribution in [0.25, 0.3) is 0 Å². The van der Waals surface area contributed by atoms with E-state index in [0.29, 0.717) is 11.6 Å². The van der Waals surface area contributed by atoms with Crippen LogP contribution in [-0.4, -0.2) is 41.7 Å². The van der Waals surface area contributed by atoms with Gasteiger partial charge >= 0.3 is 0 Å². The highest BCUT2D eigenvalue weighted by Crippen LogP contribution is 2.22. The van der Waals surface area contributed by atoms with Gasteiger partial charge in [-0.3, -0.25) is 9.59 Å². The van der Waals surface area contributed by atoms with Crippen LogP contribution < -0.4 is 10.1 Å². The van der Waals surface area contributed by atoms with Crippen molar-refractivity contribution in [2.45, 2.75) is 50.7 Å². The summed E-state index contributed by atoms with van der Waals surface area (Å²) >= 11 is 7.36. The second kappa shape index (κ2) is 11.9. The summed E-state index contributed by atoms with van der Waals surface area (Å²) in [7, 11) is 1.61. The van der Waals surface area contributed by atoms with Crippen LogP contribution in [-0.2, 0) is 16.1 Å². The van der Waals surface area contributed by atoms with Crippen molar-refractivity contribution >= 4 is 35.2 Å². The second-order valence-corrected chi connectivity index (χ2v) is 8.59. The lowest BCUT2D eigenvalue weighted by Gasteiger charge is -2.29. The van der Waals surface area contributed by atoms with E-state index in [1.54, 1.807) is 31.1 Å². The van der Waals surface area contributed by atoms with Crippen LogP contribution in [0.5, 0.6) is 5.75 Å². The van der Waals surface area contributed by atoms with Crippen molar-refractivity contribution in [3.63, 3.8) is 0 Å². The minimum absolute atomic E-state index is 0.0568. The van der Waals surface area contributed by atoms with Crippen molar-refractivity contribution in [3.05, 3.63) is 59.1 Å². The Morgan fingerprint density at radius 3 is 2.30 bits per heavy atom. The van der Waals surface area contributed by atoms with E-state index in [0.717, 1.165) is 22.6 Å². The smallest absolute Gasteiger partial charge is 0.242 e. The Morgan fingerprint density at radius 2 is 1.73 bits per heavy atom. The molecule has 5 nitrogen and oxygen atoms in total. The first kappa shape index (κ1) is 24.1. The van der Waals surface area contributed by atoms with Crippen molar-refractivity contribution < 1.29 is 14.3 Å². The molecule has 0 aliphatic heterocycles. The largest absolute Gasteiger partial charge is 0.497 e. The fourth-order valence-electron chi connectivity index (χ4n) is 2.73. The maximum absolute atomic E-state index is 13.1. The van der Waals surface area contributed by atoms with Gasteiger partial charge in [-0.05, 0) is 62.2 Å². The fraction of sp³-hybridized carbons (Fsp3) is 0.391. The molecule has 30 heavy (non-hydrogen) atoms.